The fraction of sp³-hybridized carbons (Fsp3) is 0.556. The Morgan fingerprint density at radius 2 is 2.57 bits per heavy atom. The molecule has 2 rings (SSSR count). The molecule has 0 aliphatic carbocycles. The van der Waals surface area contributed by atoms with E-state index in [1.807, 2.05) is 0 Å². The second-order valence-corrected chi connectivity index (χ2v) is 3.08. The fourth-order valence-corrected chi connectivity index (χ4v) is 1.50. The van der Waals surface area contributed by atoms with Gasteiger partial charge in [0, 0.05) is 25.1 Å². The first-order valence-corrected chi connectivity index (χ1v) is 4.68. The van der Waals surface area contributed by atoms with Crippen molar-refractivity contribution >= 4 is 5.97 Å². The van der Waals surface area contributed by atoms with Crippen LogP contribution in [-0.2, 0) is 17.7 Å². The number of nitrogens with one attached hydrogen (secondary N) is 1. The van der Waals surface area contributed by atoms with Crippen LogP contribution in [0.1, 0.15) is 28.7 Å². The molecule has 0 bridgehead atoms. The number of esters is 1. The molecule has 0 aromatic carbocycles. The summed E-state index contributed by atoms with van der Waals surface area (Å²) in [5.74, 6) is -0.181. The van der Waals surface area contributed by atoms with Crippen molar-refractivity contribution in [1.29, 1.82) is 0 Å². The zero-order chi connectivity index (χ0) is 9.97. The lowest BCUT2D eigenvalue weighted by atomic mass is 10.1. The molecule has 0 fully saturated rings. The highest BCUT2D eigenvalue weighted by molar-refractivity contribution is 5.88. The number of hydrogen-bond acceptors (Lipinski definition) is 5. The van der Waals surface area contributed by atoms with Crippen molar-refractivity contribution in [2.75, 3.05) is 13.2 Å². The zero-order valence-electron chi connectivity index (χ0n) is 8.00. The molecule has 1 aliphatic rings. The molecule has 0 saturated heterocycles. The minimum Gasteiger partial charge on any atom is -0.460 e. The van der Waals surface area contributed by atoms with Gasteiger partial charge in [0.1, 0.15) is 0 Å². The van der Waals surface area contributed by atoms with Gasteiger partial charge in [-0.3, -0.25) is 0 Å². The van der Waals surface area contributed by atoms with Gasteiger partial charge in [-0.05, 0) is 6.92 Å². The van der Waals surface area contributed by atoms with Crippen molar-refractivity contribution in [3.05, 3.63) is 17.0 Å². The van der Waals surface area contributed by atoms with E-state index in [9.17, 15) is 4.79 Å². The molecule has 14 heavy (non-hydrogen) atoms. The van der Waals surface area contributed by atoms with Gasteiger partial charge in [0.2, 0.25) is 5.76 Å². The standard InChI is InChI=1S/C9H12N2O3/c1-2-13-9(12)8-6-5-10-4-3-7(6)11-14-8/h10H,2-5H2,1H3. The van der Waals surface area contributed by atoms with Crippen LogP contribution in [0.4, 0.5) is 0 Å². The molecule has 0 unspecified atom stereocenters. The molecule has 2 heterocycles. The van der Waals surface area contributed by atoms with Gasteiger partial charge in [-0.1, -0.05) is 5.16 Å². The highest BCUT2D eigenvalue weighted by Gasteiger charge is 2.24. The van der Waals surface area contributed by atoms with Crippen LogP contribution in [0.5, 0.6) is 0 Å². The van der Waals surface area contributed by atoms with Gasteiger partial charge in [0.25, 0.3) is 0 Å². The first-order chi connectivity index (χ1) is 6.83. The SMILES string of the molecule is CCOC(=O)c1onc2c1CNCC2. The molecule has 1 aliphatic heterocycles. The molecule has 5 nitrogen and oxygen atoms in total. The Bertz CT molecular complexity index is 346. The van der Waals surface area contributed by atoms with Gasteiger partial charge in [-0.15, -0.1) is 0 Å². The number of carbonyl (C=O) groups is 1. The monoisotopic (exact) mass is 196 g/mol. The van der Waals surface area contributed by atoms with Gasteiger partial charge in [-0.25, -0.2) is 4.79 Å². The van der Waals surface area contributed by atoms with Crippen LogP contribution >= 0.6 is 0 Å². The molecule has 1 aromatic heterocycles. The van der Waals surface area contributed by atoms with Crippen molar-refractivity contribution in [3.63, 3.8) is 0 Å². The number of rotatable bonds is 2. The summed E-state index contributed by atoms with van der Waals surface area (Å²) in [5, 5.41) is 7.00. The normalized spacial score (nSPS) is 14.9. The second kappa shape index (κ2) is 3.79. The van der Waals surface area contributed by atoms with Crippen molar-refractivity contribution in [1.82, 2.24) is 10.5 Å². The van der Waals surface area contributed by atoms with Gasteiger partial charge in [-0.2, -0.15) is 0 Å². The number of aromatic nitrogens is 1. The van der Waals surface area contributed by atoms with Crippen LogP contribution in [0.2, 0.25) is 0 Å². The molecule has 76 valence electrons. The van der Waals surface area contributed by atoms with E-state index < -0.39 is 5.97 Å². The topological polar surface area (TPSA) is 64.4 Å². The number of hydrogen-bond donors (Lipinski definition) is 1. The summed E-state index contributed by atoms with van der Waals surface area (Å²) >= 11 is 0. The maximum atomic E-state index is 11.4. The number of carbonyl (C=O) groups excluding carboxylic acids is 1. The molecule has 1 aromatic rings. The average molecular weight is 196 g/mol. The molecule has 0 radical (unpaired) electrons. The predicted molar refractivity (Wildman–Crippen MR) is 47.9 cm³/mol. The first kappa shape index (κ1) is 9.21. The van der Waals surface area contributed by atoms with Crippen LogP contribution in [0.25, 0.3) is 0 Å². The Kier molecular flexibility index (Phi) is 2.49. The molecule has 0 saturated carbocycles. The number of nitrogens with zero attached hydrogens (tertiary/aromatic N) is 1. The van der Waals surface area contributed by atoms with Crippen molar-refractivity contribution < 1.29 is 14.1 Å². The lowest BCUT2D eigenvalue weighted by Gasteiger charge is -2.10. The Morgan fingerprint density at radius 3 is 3.36 bits per heavy atom. The van der Waals surface area contributed by atoms with Gasteiger partial charge < -0.3 is 14.6 Å². The number of fused-ring (bicyclic) bond motifs is 1. The highest BCUT2D eigenvalue weighted by atomic mass is 16.6. The lowest BCUT2D eigenvalue weighted by molar-refractivity contribution is 0.0478. The van der Waals surface area contributed by atoms with E-state index in [2.05, 4.69) is 10.5 Å². The van der Waals surface area contributed by atoms with Crippen molar-refractivity contribution in [2.45, 2.75) is 19.9 Å². The summed E-state index contributed by atoms with van der Waals surface area (Å²) in [6, 6.07) is 0. The van der Waals surface area contributed by atoms with Crippen LogP contribution in [-0.4, -0.2) is 24.3 Å². The third-order valence-electron chi connectivity index (χ3n) is 2.17. The van der Waals surface area contributed by atoms with E-state index in [0.29, 0.717) is 13.2 Å². The fourth-order valence-electron chi connectivity index (χ4n) is 1.50. The molecular formula is C9H12N2O3. The van der Waals surface area contributed by atoms with Gasteiger partial charge in [0.15, 0.2) is 0 Å². The quantitative estimate of drug-likeness (QED) is 0.698. The Hall–Kier alpha value is -1.36. The lowest BCUT2D eigenvalue weighted by Crippen LogP contribution is -2.24. The van der Waals surface area contributed by atoms with Crippen LogP contribution in [0, 0.1) is 0 Å². The molecule has 0 amide bonds. The first-order valence-electron chi connectivity index (χ1n) is 4.68. The smallest absolute Gasteiger partial charge is 0.377 e. The maximum absolute atomic E-state index is 11.4. The molecule has 0 spiro atoms. The minimum absolute atomic E-state index is 0.244. The van der Waals surface area contributed by atoms with E-state index >= 15 is 0 Å². The van der Waals surface area contributed by atoms with E-state index in [4.69, 9.17) is 9.26 Å². The second-order valence-electron chi connectivity index (χ2n) is 3.08. The summed E-state index contributed by atoms with van der Waals surface area (Å²) in [6.07, 6.45) is 0.804. The van der Waals surface area contributed by atoms with Crippen LogP contribution in [0.3, 0.4) is 0 Å². The molecule has 1 N–H and O–H groups in total. The predicted octanol–water partition coefficient (Wildman–Crippen LogP) is 0.497. The highest BCUT2D eigenvalue weighted by Crippen LogP contribution is 2.18. The number of ether oxygens (including phenoxy) is 1. The Balaban J connectivity index is 2.25. The largest absolute Gasteiger partial charge is 0.460 e. The summed E-state index contributed by atoms with van der Waals surface area (Å²) in [7, 11) is 0. The van der Waals surface area contributed by atoms with E-state index in [-0.39, 0.29) is 5.76 Å². The Labute approximate surface area is 81.4 Å². The molecule has 5 heteroatoms. The third kappa shape index (κ3) is 1.50. The molecular weight excluding hydrogens is 184 g/mol. The third-order valence-corrected chi connectivity index (χ3v) is 2.17. The van der Waals surface area contributed by atoms with E-state index in [1.54, 1.807) is 6.92 Å². The molecule has 0 atom stereocenters. The van der Waals surface area contributed by atoms with E-state index in [0.717, 1.165) is 24.2 Å². The zero-order valence-corrected chi connectivity index (χ0v) is 8.00. The van der Waals surface area contributed by atoms with Crippen LogP contribution < -0.4 is 5.32 Å². The van der Waals surface area contributed by atoms with Gasteiger partial charge >= 0.3 is 5.97 Å². The maximum Gasteiger partial charge on any atom is 0.377 e. The Morgan fingerprint density at radius 1 is 1.71 bits per heavy atom. The minimum atomic E-state index is -0.426. The van der Waals surface area contributed by atoms with Crippen LogP contribution in [0.15, 0.2) is 4.52 Å². The summed E-state index contributed by atoms with van der Waals surface area (Å²) in [5.41, 5.74) is 1.71. The average Bonchev–Trinajstić information content (AvgIpc) is 2.61. The van der Waals surface area contributed by atoms with Crippen molar-refractivity contribution in [3.8, 4) is 0 Å². The van der Waals surface area contributed by atoms with Crippen molar-refractivity contribution in [2.24, 2.45) is 0 Å². The summed E-state index contributed by atoms with van der Waals surface area (Å²) in [6.45, 7) is 3.62. The van der Waals surface area contributed by atoms with E-state index in [1.165, 1.54) is 0 Å². The van der Waals surface area contributed by atoms with Gasteiger partial charge in [0.05, 0.1) is 12.3 Å². The summed E-state index contributed by atoms with van der Waals surface area (Å²) < 4.78 is 9.82. The summed E-state index contributed by atoms with van der Waals surface area (Å²) in [4.78, 5) is 11.4.